The molecule has 0 aliphatic carbocycles. The predicted octanol–water partition coefficient (Wildman–Crippen LogP) is 1.86. The van der Waals surface area contributed by atoms with Gasteiger partial charge in [0.1, 0.15) is 11.0 Å². The lowest BCUT2D eigenvalue weighted by Crippen LogP contribution is -2.24. The van der Waals surface area contributed by atoms with Gasteiger partial charge in [-0.05, 0) is 19.1 Å². The number of nitrogens with one attached hydrogen (secondary N) is 2. The zero-order valence-corrected chi connectivity index (χ0v) is 11.3. The SMILES string of the molecule is CC#CCCNC(=O)c1cc(Br)cc2n[nH]nc12. The number of carbonyl (C=O) groups is 1. The van der Waals surface area contributed by atoms with Crippen molar-refractivity contribution < 1.29 is 4.79 Å². The van der Waals surface area contributed by atoms with Crippen LogP contribution in [-0.2, 0) is 0 Å². The normalized spacial score (nSPS) is 9.89. The number of hydrogen-bond donors (Lipinski definition) is 2. The third-order valence-electron chi connectivity index (χ3n) is 2.34. The molecule has 1 amide bonds. The van der Waals surface area contributed by atoms with Crippen LogP contribution in [-0.4, -0.2) is 27.9 Å². The fraction of sp³-hybridized carbons (Fsp3) is 0.250. The summed E-state index contributed by atoms with van der Waals surface area (Å²) in [5, 5.41) is 13.3. The summed E-state index contributed by atoms with van der Waals surface area (Å²) in [4.78, 5) is 12.0. The summed E-state index contributed by atoms with van der Waals surface area (Å²) >= 11 is 3.35. The minimum Gasteiger partial charge on any atom is -0.351 e. The van der Waals surface area contributed by atoms with Gasteiger partial charge in [0.2, 0.25) is 0 Å². The highest BCUT2D eigenvalue weighted by Crippen LogP contribution is 2.20. The van der Waals surface area contributed by atoms with E-state index in [-0.39, 0.29) is 5.91 Å². The molecule has 2 rings (SSSR count). The Morgan fingerprint density at radius 1 is 1.50 bits per heavy atom. The van der Waals surface area contributed by atoms with Crippen LogP contribution in [0.25, 0.3) is 11.0 Å². The minimum absolute atomic E-state index is 0.173. The lowest BCUT2D eigenvalue weighted by atomic mass is 10.1. The van der Waals surface area contributed by atoms with E-state index in [0.29, 0.717) is 29.6 Å². The maximum Gasteiger partial charge on any atom is 0.253 e. The minimum atomic E-state index is -0.173. The van der Waals surface area contributed by atoms with Crippen molar-refractivity contribution in [1.82, 2.24) is 20.7 Å². The quantitative estimate of drug-likeness (QED) is 0.672. The first kappa shape index (κ1) is 12.6. The summed E-state index contributed by atoms with van der Waals surface area (Å²) in [6.45, 7) is 2.29. The maximum atomic E-state index is 12.0. The fourth-order valence-electron chi connectivity index (χ4n) is 1.55. The van der Waals surface area contributed by atoms with Gasteiger partial charge in [-0.3, -0.25) is 4.79 Å². The van der Waals surface area contributed by atoms with E-state index in [0.717, 1.165) is 4.47 Å². The van der Waals surface area contributed by atoms with Crippen molar-refractivity contribution in [3.8, 4) is 11.8 Å². The predicted molar refractivity (Wildman–Crippen MR) is 72.0 cm³/mol. The third kappa shape index (κ3) is 2.68. The van der Waals surface area contributed by atoms with E-state index in [2.05, 4.69) is 48.5 Å². The standard InChI is InChI=1S/C12H11BrN4O/c1-2-3-4-5-14-12(18)9-6-8(13)7-10-11(9)16-17-15-10/h6-7H,4-5H2,1H3,(H,14,18)(H,15,16,17). The molecule has 2 aromatic rings. The van der Waals surface area contributed by atoms with Crippen molar-refractivity contribution >= 4 is 32.9 Å². The van der Waals surface area contributed by atoms with Crippen LogP contribution in [0.3, 0.4) is 0 Å². The molecule has 1 heterocycles. The third-order valence-corrected chi connectivity index (χ3v) is 2.80. The van der Waals surface area contributed by atoms with Crippen molar-refractivity contribution in [1.29, 1.82) is 0 Å². The van der Waals surface area contributed by atoms with Crippen LogP contribution in [0.5, 0.6) is 0 Å². The lowest BCUT2D eigenvalue weighted by molar-refractivity contribution is 0.0956. The highest BCUT2D eigenvalue weighted by atomic mass is 79.9. The Hall–Kier alpha value is -1.87. The van der Waals surface area contributed by atoms with Crippen molar-refractivity contribution in [3.05, 3.63) is 22.2 Å². The van der Waals surface area contributed by atoms with Crippen LogP contribution in [0.15, 0.2) is 16.6 Å². The molecule has 0 aliphatic heterocycles. The average molecular weight is 307 g/mol. The first-order valence-corrected chi connectivity index (χ1v) is 6.19. The Morgan fingerprint density at radius 3 is 3.11 bits per heavy atom. The molecule has 0 saturated carbocycles. The highest BCUT2D eigenvalue weighted by molar-refractivity contribution is 9.10. The van der Waals surface area contributed by atoms with Gasteiger partial charge in [0, 0.05) is 17.4 Å². The van der Waals surface area contributed by atoms with Gasteiger partial charge in [-0.15, -0.1) is 11.8 Å². The molecule has 0 atom stereocenters. The average Bonchev–Trinajstić information content (AvgIpc) is 2.81. The Bertz CT molecular complexity index is 638. The van der Waals surface area contributed by atoms with Gasteiger partial charge >= 0.3 is 0 Å². The maximum absolute atomic E-state index is 12.0. The number of fused-ring (bicyclic) bond motifs is 1. The summed E-state index contributed by atoms with van der Waals surface area (Å²) < 4.78 is 0.794. The van der Waals surface area contributed by atoms with Crippen LogP contribution < -0.4 is 5.32 Å². The molecule has 0 spiro atoms. The summed E-state index contributed by atoms with van der Waals surface area (Å²) in [5.41, 5.74) is 1.72. The molecule has 18 heavy (non-hydrogen) atoms. The number of halogens is 1. The van der Waals surface area contributed by atoms with Crippen LogP contribution in [0.1, 0.15) is 23.7 Å². The van der Waals surface area contributed by atoms with E-state index in [4.69, 9.17) is 0 Å². The molecule has 0 fully saturated rings. The Labute approximate surface area is 112 Å². The number of benzene rings is 1. The number of amides is 1. The van der Waals surface area contributed by atoms with E-state index < -0.39 is 0 Å². The number of nitrogens with zero attached hydrogens (tertiary/aromatic N) is 2. The van der Waals surface area contributed by atoms with Crippen molar-refractivity contribution in [2.45, 2.75) is 13.3 Å². The molecular weight excluding hydrogens is 296 g/mol. The van der Waals surface area contributed by atoms with Gasteiger partial charge in [0.15, 0.2) is 0 Å². The lowest BCUT2D eigenvalue weighted by Gasteiger charge is -2.04. The van der Waals surface area contributed by atoms with Gasteiger partial charge in [-0.1, -0.05) is 15.9 Å². The molecule has 0 unspecified atom stereocenters. The van der Waals surface area contributed by atoms with Gasteiger partial charge in [-0.2, -0.15) is 15.4 Å². The zero-order chi connectivity index (χ0) is 13.0. The number of H-pyrrole nitrogens is 1. The first-order valence-electron chi connectivity index (χ1n) is 5.40. The molecule has 6 heteroatoms. The monoisotopic (exact) mass is 306 g/mol. The Kier molecular flexibility index (Phi) is 3.95. The van der Waals surface area contributed by atoms with Crippen LogP contribution in [0, 0.1) is 11.8 Å². The smallest absolute Gasteiger partial charge is 0.253 e. The van der Waals surface area contributed by atoms with Crippen LogP contribution in [0.2, 0.25) is 0 Å². The molecule has 1 aromatic carbocycles. The Balaban J connectivity index is 2.20. The second-order valence-corrected chi connectivity index (χ2v) is 4.49. The second-order valence-electron chi connectivity index (χ2n) is 3.58. The van der Waals surface area contributed by atoms with Crippen molar-refractivity contribution in [3.63, 3.8) is 0 Å². The van der Waals surface area contributed by atoms with Gasteiger partial charge in [0.05, 0.1) is 5.56 Å². The van der Waals surface area contributed by atoms with Gasteiger partial charge < -0.3 is 5.32 Å². The van der Waals surface area contributed by atoms with E-state index in [1.165, 1.54) is 0 Å². The largest absolute Gasteiger partial charge is 0.351 e. The molecule has 5 nitrogen and oxygen atoms in total. The molecular formula is C12H11BrN4O. The molecule has 1 aromatic heterocycles. The van der Waals surface area contributed by atoms with Gasteiger partial charge in [-0.25, -0.2) is 0 Å². The van der Waals surface area contributed by atoms with Crippen LogP contribution in [0.4, 0.5) is 0 Å². The number of carbonyl (C=O) groups excluding carboxylic acids is 1. The summed E-state index contributed by atoms with van der Waals surface area (Å²) in [5.74, 6) is 5.50. The molecule has 0 saturated heterocycles. The molecule has 92 valence electrons. The van der Waals surface area contributed by atoms with Crippen molar-refractivity contribution in [2.75, 3.05) is 6.54 Å². The summed E-state index contributed by atoms with van der Waals surface area (Å²) in [6, 6.07) is 3.53. The van der Waals surface area contributed by atoms with E-state index >= 15 is 0 Å². The number of rotatable bonds is 3. The number of aromatic nitrogens is 3. The summed E-state index contributed by atoms with van der Waals surface area (Å²) in [7, 11) is 0. The highest BCUT2D eigenvalue weighted by Gasteiger charge is 2.13. The zero-order valence-electron chi connectivity index (χ0n) is 9.75. The molecule has 0 aliphatic rings. The number of hydrogen-bond acceptors (Lipinski definition) is 3. The second kappa shape index (κ2) is 5.65. The van der Waals surface area contributed by atoms with Gasteiger partial charge in [0.25, 0.3) is 5.91 Å². The number of aromatic amines is 1. The van der Waals surface area contributed by atoms with Crippen LogP contribution >= 0.6 is 15.9 Å². The Morgan fingerprint density at radius 2 is 2.33 bits per heavy atom. The molecule has 2 N–H and O–H groups in total. The molecule has 0 bridgehead atoms. The van der Waals surface area contributed by atoms with E-state index in [9.17, 15) is 4.79 Å². The molecule has 0 radical (unpaired) electrons. The van der Waals surface area contributed by atoms with E-state index in [1.807, 2.05) is 0 Å². The topological polar surface area (TPSA) is 70.7 Å². The van der Waals surface area contributed by atoms with E-state index in [1.54, 1.807) is 19.1 Å². The first-order chi connectivity index (χ1) is 8.72. The fourth-order valence-corrected chi connectivity index (χ4v) is 1.99. The van der Waals surface area contributed by atoms with Crippen molar-refractivity contribution in [2.24, 2.45) is 0 Å². The summed E-state index contributed by atoms with van der Waals surface area (Å²) in [6.07, 6.45) is 0.637.